The van der Waals surface area contributed by atoms with Crippen LogP contribution < -0.4 is 0 Å². The second-order valence-electron chi connectivity index (χ2n) is 6.18. The number of benzene rings is 1. The van der Waals surface area contributed by atoms with E-state index in [1.807, 2.05) is 31.2 Å². The maximum atomic E-state index is 11.9. The van der Waals surface area contributed by atoms with Gasteiger partial charge in [0.05, 0.1) is 0 Å². The zero-order valence-electron chi connectivity index (χ0n) is 14.6. The van der Waals surface area contributed by atoms with Crippen LogP contribution in [0.5, 0.6) is 0 Å². The summed E-state index contributed by atoms with van der Waals surface area (Å²) in [4.78, 5) is 16.1. The summed E-state index contributed by atoms with van der Waals surface area (Å²) in [6, 6.07) is 7.79. The average Bonchev–Trinajstić information content (AvgIpc) is 3.01. The van der Waals surface area contributed by atoms with Crippen LogP contribution >= 0.6 is 0 Å². The summed E-state index contributed by atoms with van der Waals surface area (Å²) >= 11 is 0. The molecule has 0 spiro atoms. The van der Waals surface area contributed by atoms with Gasteiger partial charge in [0, 0.05) is 12.2 Å². The van der Waals surface area contributed by atoms with Gasteiger partial charge >= 0.3 is 5.97 Å². The Bertz CT molecular complexity index is 667. The Morgan fingerprint density at radius 2 is 2.08 bits per heavy atom. The van der Waals surface area contributed by atoms with Crippen LogP contribution in [0.4, 0.5) is 0 Å². The first-order valence-electron chi connectivity index (χ1n) is 8.13. The van der Waals surface area contributed by atoms with Gasteiger partial charge in [-0.3, -0.25) is 0 Å². The highest BCUT2D eigenvalue weighted by Crippen LogP contribution is 2.17. The Morgan fingerprint density at radius 1 is 1.29 bits per heavy atom. The Labute approximate surface area is 142 Å². The molecule has 0 radical (unpaired) electrons. The summed E-state index contributed by atoms with van der Waals surface area (Å²) in [6.45, 7) is 8.35. The number of nitrogens with zero attached hydrogens (tertiary/aromatic N) is 2. The van der Waals surface area contributed by atoms with Crippen molar-refractivity contribution >= 4 is 5.97 Å². The quantitative estimate of drug-likeness (QED) is 0.688. The predicted octanol–water partition coefficient (Wildman–Crippen LogP) is 3.54. The predicted molar refractivity (Wildman–Crippen MR) is 89.1 cm³/mol. The summed E-state index contributed by atoms with van der Waals surface area (Å²) in [5, 5.41) is 3.91. The average molecular weight is 332 g/mol. The molecule has 0 saturated heterocycles. The van der Waals surface area contributed by atoms with Gasteiger partial charge in [0.25, 0.3) is 5.89 Å². The molecule has 2 aromatic rings. The van der Waals surface area contributed by atoms with E-state index in [9.17, 15) is 4.79 Å². The molecule has 1 aromatic heterocycles. The summed E-state index contributed by atoms with van der Waals surface area (Å²) in [5.41, 5.74) is 1.97. The zero-order valence-corrected chi connectivity index (χ0v) is 14.6. The van der Waals surface area contributed by atoms with Gasteiger partial charge < -0.3 is 14.0 Å². The number of aromatic nitrogens is 2. The molecule has 1 atom stereocenters. The molecule has 0 aliphatic rings. The fourth-order valence-electron chi connectivity index (χ4n) is 2.01. The number of carbonyl (C=O) groups excluding carboxylic acids is 1. The minimum atomic E-state index is -0.608. The highest BCUT2D eigenvalue weighted by Gasteiger charge is 2.17. The lowest BCUT2D eigenvalue weighted by molar-refractivity contribution is -0.158. The van der Waals surface area contributed by atoms with Gasteiger partial charge in [0.15, 0.2) is 12.7 Å². The lowest BCUT2D eigenvalue weighted by Gasteiger charge is -2.12. The smallest absolute Gasteiger partial charge is 0.335 e. The standard InChI is InChI=1S/C18H24N2O4/c1-12(2)8-9-22-14(4)18(21)23-11-16-19-17(20-24-16)15-7-5-6-13(3)10-15/h5-7,10,12,14H,8-9,11H2,1-4H3. The Balaban J connectivity index is 1.83. The van der Waals surface area contributed by atoms with E-state index in [2.05, 4.69) is 24.0 Å². The molecule has 0 saturated carbocycles. The second-order valence-corrected chi connectivity index (χ2v) is 6.18. The van der Waals surface area contributed by atoms with Crippen molar-refractivity contribution in [3.8, 4) is 11.4 Å². The Hall–Kier alpha value is -2.21. The molecule has 0 aliphatic carbocycles. The van der Waals surface area contributed by atoms with E-state index in [1.54, 1.807) is 6.92 Å². The largest absolute Gasteiger partial charge is 0.454 e. The van der Waals surface area contributed by atoms with Gasteiger partial charge in [-0.15, -0.1) is 0 Å². The number of hydrogen-bond donors (Lipinski definition) is 0. The summed E-state index contributed by atoms with van der Waals surface area (Å²) in [6.07, 6.45) is 0.295. The van der Waals surface area contributed by atoms with Crippen LogP contribution in [-0.4, -0.2) is 28.8 Å². The van der Waals surface area contributed by atoms with E-state index in [4.69, 9.17) is 14.0 Å². The number of rotatable bonds is 8. The van der Waals surface area contributed by atoms with E-state index in [1.165, 1.54) is 0 Å². The van der Waals surface area contributed by atoms with Crippen LogP contribution in [0.3, 0.4) is 0 Å². The summed E-state index contributed by atoms with van der Waals surface area (Å²) < 4.78 is 15.7. The van der Waals surface area contributed by atoms with Crippen molar-refractivity contribution in [1.82, 2.24) is 10.1 Å². The maximum Gasteiger partial charge on any atom is 0.335 e. The summed E-state index contributed by atoms with van der Waals surface area (Å²) in [7, 11) is 0. The number of ether oxygens (including phenoxy) is 2. The van der Waals surface area contributed by atoms with Crippen LogP contribution in [0, 0.1) is 12.8 Å². The third-order valence-electron chi connectivity index (χ3n) is 3.48. The van der Waals surface area contributed by atoms with Crippen LogP contribution in [0.25, 0.3) is 11.4 Å². The minimum Gasteiger partial charge on any atom is -0.454 e. The number of aryl methyl sites for hydroxylation is 1. The Kier molecular flexibility index (Phi) is 6.49. The third-order valence-corrected chi connectivity index (χ3v) is 3.48. The fraction of sp³-hybridized carbons (Fsp3) is 0.500. The van der Waals surface area contributed by atoms with E-state index in [0.29, 0.717) is 18.3 Å². The van der Waals surface area contributed by atoms with Gasteiger partial charge in [-0.25, -0.2) is 4.79 Å². The molecular weight excluding hydrogens is 308 g/mol. The molecule has 1 unspecified atom stereocenters. The fourth-order valence-corrected chi connectivity index (χ4v) is 2.01. The first kappa shape index (κ1) is 18.1. The molecule has 2 rings (SSSR count). The molecular formula is C18H24N2O4. The number of esters is 1. The first-order valence-corrected chi connectivity index (χ1v) is 8.13. The van der Waals surface area contributed by atoms with Crippen molar-refractivity contribution in [3.05, 3.63) is 35.7 Å². The zero-order chi connectivity index (χ0) is 17.5. The molecule has 6 nitrogen and oxygen atoms in total. The molecule has 0 aliphatic heterocycles. The minimum absolute atomic E-state index is 0.0600. The normalized spacial score (nSPS) is 12.4. The van der Waals surface area contributed by atoms with Crippen LogP contribution in [0.15, 0.2) is 28.8 Å². The molecule has 0 fully saturated rings. The molecule has 24 heavy (non-hydrogen) atoms. The SMILES string of the molecule is Cc1cccc(-c2noc(COC(=O)C(C)OCCC(C)C)n2)c1. The van der Waals surface area contributed by atoms with Gasteiger partial charge in [0.2, 0.25) is 5.82 Å². The van der Waals surface area contributed by atoms with E-state index in [0.717, 1.165) is 17.5 Å². The molecule has 0 N–H and O–H groups in total. The van der Waals surface area contributed by atoms with Gasteiger partial charge in [-0.1, -0.05) is 42.8 Å². The number of carbonyl (C=O) groups is 1. The highest BCUT2D eigenvalue weighted by atomic mass is 16.6. The van der Waals surface area contributed by atoms with Crippen molar-refractivity contribution in [2.24, 2.45) is 5.92 Å². The van der Waals surface area contributed by atoms with Gasteiger partial charge in [-0.05, 0) is 32.3 Å². The molecule has 0 amide bonds. The second kappa shape index (κ2) is 8.59. The van der Waals surface area contributed by atoms with Crippen molar-refractivity contribution in [2.45, 2.75) is 46.8 Å². The molecule has 1 aromatic carbocycles. The van der Waals surface area contributed by atoms with Crippen molar-refractivity contribution < 1.29 is 18.8 Å². The van der Waals surface area contributed by atoms with Crippen LogP contribution in [0.2, 0.25) is 0 Å². The van der Waals surface area contributed by atoms with Crippen LogP contribution in [-0.2, 0) is 20.9 Å². The monoisotopic (exact) mass is 332 g/mol. The van der Waals surface area contributed by atoms with Gasteiger partial charge in [0.1, 0.15) is 0 Å². The van der Waals surface area contributed by atoms with Gasteiger partial charge in [-0.2, -0.15) is 4.98 Å². The lowest BCUT2D eigenvalue weighted by atomic mass is 10.1. The van der Waals surface area contributed by atoms with Crippen molar-refractivity contribution in [3.63, 3.8) is 0 Å². The van der Waals surface area contributed by atoms with Crippen LogP contribution in [0.1, 0.15) is 38.6 Å². The number of hydrogen-bond acceptors (Lipinski definition) is 6. The van der Waals surface area contributed by atoms with E-state index in [-0.39, 0.29) is 12.5 Å². The third kappa shape index (κ3) is 5.45. The summed E-state index contributed by atoms with van der Waals surface area (Å²) in [5.74, 6) is 0.834. The molecule has 0 bridgehead atoms. The molecule has 130 valence electrons. The topological polar surface area (TPSA) is 74.5 Å². The van der Waals surface area contributed by atoms with Crippen molar-refractivity contribution in [1.29, 1.82) is 0 Å². The molecule has 6 heteroatoms. The van der Waals surface area contributed by atoms with E-state index < -0.39 is 12.1 Å². The Morgan fingerprint density at radius 3 is 2.79 bits per heavy atom. The first-order chi connectivity index (χ1) is 11.5. The maximum absolute atomic E-state index is 11.9. The lowest BCUT2D eigenvalue weighted by Crippen LogP contribution is -2.24. The van der Waals surface area contributed by atoms with E-state index >= 15 is 0 Å². The molecule has 1 heterocycles. The van der Waals surface area contributed by atoms with Crippen molar-refractivity contribution in [2.75, 3.05) is 6.61 Å². The highest BCUT2D eigenvalue weighted by molar-refractivity contribution is 5.74.